The van der Waals surface area contributed by atoms with Crippen LogP contribution in [0.15, 0.2) is 12.1 Å². The van der Waals surface area contributed by atoms with E-state index in [1.54, 1.807) is 13.0 Å². The van der Waals surface area contributed by atoms with E-state index in [2.05, 4.69) is 0 Å². The second-order valence-corrected chi connectivity index (χ2v) is 5.12. The molecule has 18 heavy (non-hydrogen) atoms. The normalized spacial score (nSPS) is 20.4. The van der Waals surface area contributed by atoms with E-state index in [1.165, 1.54) is 0 Å². The molecule has 1 fully saturated rings. The number of aromatic nitrogens is 1. The first-order valence-corrected chi connectivity index (χ1v) is 6.28. The van der Waals surface area contributed by atoms with Crippen molar-refractivity contribution in [3.05, 3.63) is 23.5 Å². The Bertz CT molecular complexity index is 528. The molecule has 5 heteroatoms. The molecular formula is C13H16N2O3. The smallest absolute Gasteiger partial charge is 0.352 e. The van der Waals surface area contributed by atoms with Gasteiger partial charge in [0, 0.05) is 25.7 Å². The number of fused-ring (bicyclic) bond motifs is 2. The number of rotatable bonds is 1. The largest absolute Gasteiger partial charge is 0.477 e. The Labute approximate surface area is 105 Å². The summed E-state index contributed by atoms with van der Waals surface area (Å²) in [6, 6.07) is 3.53. The Balaban J connectivity index is 2.10. The van der Waals surface area contributed by atoms with E-state index >= 15 is 0 Å². The van der Waals surface area contributed by atoms with Gasteiger partial charge in [0.05, 0.1) is 5.54 Å². The highest BCUT2D eigenvalue weighted by Gasteiger charge is 2.49. The molecule has 1 aromatic heterocycles. The number of hydrogen-bond donors (Lipinski definition) is 1. The number of carbonyl (C=O) groups excluding carboxylic acids is 1. The van der Waals surface area contributed by atoms with E-state index in [0.29, 0.717) is 18.8 Å². The molecular weight excluding hydrogens is 232 g/mol. The maximum absolute atomic E-state index is 11.8. The van der Waals surface area contributed by atoms with Gasteiger partial charge in [0.15, 0.2) is 0 Å². The fourth-order valence-electron chi connectivity index (χ4n) is 3.35. The third kappa shape index (κ3) is 1.27. The number of carbonyl (C=O) groups is 2. The minimum absolute atomic E-state index is 0.0824. The topological polar surface area (TPSA) is 62.5 Å². The van der Waals surface area contributed by atoms with Crippen LogP contribution >= 0.6 is 0 Å². The fourth-order valence-corrected chi connectivity index (χ4v) is 3.35. The van der Waals surface area contributed by atoms with Gasteiger partial charge in [-0.25, -0.2) is 4.79 Å². The van der Waals surface area contributed by atoms with Crippen molar-refractivity contribution in [3.8, 4) is 0 Å². The molecule has 5 nitrogen and oxygen atoms in total. The van der Waals surface area contributed by atoms with Crippen molar-refractivity contribution in [1.82, 2.24) is 9.47 Å². The van der Waals surface area contributed by atoms with Gasteiger partial charge >= 0.3 is 5.97 Å². The Morgan fingerprint density at radius 1 is 1.28 bits per heavy atom. The average Bonchev–Trinajstić information content (AvgIpc) is 2.68. The molecule has 0 aromatic carbocycles. The minimum atomic E-state index is -0.896. The summed E-state index contributed by atoms with van der Waals surface area (Å²) in [6.07, 6.45) is 2.97. The Morgan fingerprint density at radius 2 is 2.00 bits per heavy atom. The predicted molar refractivity (Wildman–Crippen MR) is 64.3 cm³/mol. The SMILES string of the molecule is CC(=O)N1CCn2c(C(=O)O)ccc2C12CCC2. The van der Waals surface area contributed by atoms with E-state index in [-0.39, 0.29) is 11.4 Å². The molecule has 0 unspecified atom stereocenters. The molecule has 0 bridgehead atoms. The molecule has 0 atom stereocenters. The van der Waals surface area contributed by atoms with Crippen molar-refractivity contribution in [2.24, 2.45) is 0 Å². The molecule has 2 aliphatic rings. The Hall–Kier alpha value is -1.78. The van der Waals surface area contributed by atoms with Crippen LogP contribution in [0.2, 0.25) is 0 Å². The van der Waals surface area contributed by atoms with Crippen LogP contribution in [0.5, 0.6) is 0 Å². The van der Waals surface area contributed by atoms with E-state index < -0.39 is 5.97 Å². The van der Waals surface area contributed by atoms with Crippen molar-refractivity contribution in [3.63, 3.8) is 0 Å². The van der Waals surface area contributed by atoms with Gasteiger partial charge in [0.1, 0.15) is 5.69 Å². The van der Waals surface area contributed by atoms with Gasteiger partial charge in [-0.3, -0.25) is 4.79 Å². The fraction of sp³-hybridized carbons (Fsp3) is 0.538. The van der Waals surface area contributed by atoms with Gasteiger partial charge in [-0.05, 0) is 31.4 Å². The number of carboxylic acids is 1. The molecule has 0 saturated heterocycles. The summed E-state index contributed by atoms with van der Waals surface area (Å²) in [5.41, 5.74) is 1.09. The minimum Gasteiger partial charge on any atom is -0.477 e. The maximum Gasteiger partial charge on any atom is 0.352 e. The van der Waals surface area contributed by atoms with Gasteiger partial charge in [0.2, 0.25) is 5.91 Å². The zero-order valence-electron chi connectivity index (χ0n) is 10.3. The summed E-state index contributed by atoms with van der Waals surface area (Å²) in [5, 5.41) is 9.16. The van der Waals surface area contributed by atoms with Crippen molar-refractivity contribution >= 4 is 11.9 Å². The van der Waals surface area contributed by atoms with E-state index in [4.69, 9.17) is 5.11 Å². The lowest BCUT2D eigenvalue weighted by Crippen LogP contribution is -2.58. The zero-order valence-corrected chi connectivity index (χ0v) is 10.3. The molecule has 1 saturated carbocycles. The van der Waals surface area contributed by atoms with Crippen molar-refractivity contribution in [2.45, 2.75) is 38.3 Å². The molecule has 1 aliphatic carbocycles. The lowest BCUT2D eigenvalue weighted by molar-refractivity contribution is -0.142. The summed E-state index contributed by atoms with van der Waals surface area (Å²) in [5.74, 6) is -0.814. The lowest BCUT2D eigenvalue weighted by Gasteiger charge is -2.53. The van der Waals surface area contributed by atoms with Crippen molar-refractivity contribution < 1.29 is 14.7 Å². The summed E-state index contributed by atoms with van der Waals surface area (Å²) in [4.78, 5) is 24.8. The Morgan fingerprint density at radius 3 is 2.50 bits per heavy atom. The molecule has 96 valence electrons. The summed E-state index contributed by atoms with van der Waals surface area (Å²) in [7, 11) is 0. The number of nitrogens with zero attached hydrogens (tertiary/aromatic N) is 2. The molecule has 1 amide bonds. The van der Waals surface area contributed by atoms with Crippen LogP contribution in [-0.2, 0) is 16.9 Å². The monoisotopic (exact) mass is 248 g/mol. The van der Waals surface area contributed by atoms with Crippen LogP contribution < -0.4 is 0 Å². The van der Waals surface area contributed by atoms with Crippen LogP contribution in [0.1, 0.15) is 42.4 Å². The van der Waals surface area contributed by atoms with Gasteiger partial charge < -0.3 is 14.6 Å². The molecule has 1 aromatic rings. The van der Waals surface area contributed by atoms with Crippen LogP contribution in [0.3, 0.4) is 0 Å². The quantitative estimate of drug-likeness (QED) is 0.817. The highest BCUT2D eigenvalue weighted by molar-refractivity contribution is 5.86. The number of carboxylic acid groups (broad SMARTS) is 1. The second-order valence-electron chi connectivity index (χ2n) is 5.12. The number of aromatic carboxylic acids is 1. The van der Waals surface area contributed by atoms with E-state index in [1.807, 2.05) is 15.5 Å². The van der Waals surface area contributed by atoms with E-state index in [0.717, 1.165) is 25.0 Å². The van der Waals surface area contributed by atoms with Gasteiger partial charge in [-0.2, -0.15) is 0 Å². The third-order valence-electron chi connectivity index (χ3n) is 4.30. The molecule has 3 rings (SSSR count). The van der Waals surface area contributed by atoms with Gasteiger partial charge in [0.25, 0.3) is 0 Å². The molecule has 1 spiro atoms. The number of amides is 1. The highest BCUT2D eigenvalue weighted by Crippen LogP contribution is 2.48. The third-order valence-corrected chi connectivity index (χ3v) is 4.30. The maximum atomic E-state index is 11.8. The first-order valence-electron chi connectivity index (χ1n) is 6.28. The van der Waals surface area contributed by atoms with E-state index in [9.17, 15) is 9.59 Å². The van der Waals surface area contributed by atoms with Crippen LogP contribution in [0.4, 0.5) is 0 Å². The lowest BCUT2D eigenvalue weighted by atomic mass is 9.72. The first-order chi connectivity index (χ1) is 8.56. The second kappa shape index (κ2) is 3.60. The summed E-state index contributed by atoms with van der Waals surface area (Å²) >= 11 is 0. The Kier molecular flexibility index (Phi) is 2.27. The number of hydrogen-bond acceptors (Lipinski definition) is 2. The molecule has 0 radical (unpaired) electrons. The molecule has 1 N–H and O–H groups in total. The standard InChI is InChI=1S/C13H16N2O3/c1-9(16)15-8-7-14-10(12(17)18)3-4-11(14)13(15)5-2-6-13/h3-4H,2,5-8H2,1H3,(H,17,18). The molecule has 2 heterocycles. The van der Waals surface area contributed by atoms with Crippen LogP contribution in [0, 0.1) is 0 Å². The average molecular weight is 248 g/mol. The van der Waals surface area contributed by atoms with Gasteiger partial charge in [-0.1, -0.05) is 0 Å². The van der Waals surface area contributed by atoms with Crippen molar-refractivity contribution in [1.29, 1.82) is 0 Å². The van der Waals surface area contributed by atoms with Crippen molar-refractivity contribution in [2.75, 3.05) is 6.54 Å². The van der Waals surface area contributed by atoms with Crippen LogP contribution in [0.25, 0.3) is 0 Å². The highest BCUT2D eigenvalue weighted by atomic mass is 16.4. The first kappa shape index (κ1) is 11.3. The van der Waals surface area contributed by atoms with Gasteiger partial charge in [-0.15, -0.1) is 0 Å². The van der Waals surface area contributed by atoms with Crippen LogP contribution in [-0.4, -0.2) is 33.0 Å². The zero-order chi connectivity index (χ0) is 12.9. The molecule has 1 aliphatic heterocycles. The summed E-state index contributed by atoms with van der Waals surface area (Å²) in [6.45, 7) is 2.78. The summed E-state index contributed by atoms with van der Waals surface area (Å²) < 4.78 is 1.86. The predicted octanol–water partition coefficient (Wildman–Crippen LogP) is 1.43.